The molecule has 0 atom stereocenters. The summed E-state index contributed by atoms with van der Waals surface area (Å²) in [5.74, 6) is 1.97. The molecule has 0 saturated carbocycles. The second-order valence-corrected chi connectivity index (χ2v) is 9.60. The van der Waals surface area contributed by atoms with Crippen LogP contribution < -0.4 is 20.7 Å². The summed E-state index contributed by atoms with van der Waals surface area (Å²) in [6.45, 7) is 7.49. The molecule has 37 heavy (non-hydrogen) atoms. The number of piperazine rings is 1. The molecule has 0 amide bonds. The molecule has 4 aromatic heterocycles. The molecule has 2 aliphatic rings. The van der Waals surface area contributed by atoms with Gasteiger partial charge in [0.2, 0.25) is 5.95 Å². The SMILES string of the molecule is Nc1nc2c(cnn2CCN2CCN(c3ccc(OC4CNC4)cc3)CC2)c2cc(-c3ccco3)nn12. The number of nitrogens with one attached hydrogen (secondary N) is 1. The van der Waals surface area contributed by atoms with E-state index in [1.54, 1.807) is 10.8 Å². The van der Waals surface area contributed by atoms with E-state index in [4.69, 9.17) is 14.9 Å². The van der Waals surface area contributed by atoms with Crippen LogP contribution in [0.15, 0.2) is 59.3 Å². The summed E-state index contributed by atoms with van der Waals surface area (Å²) in [7, 11) is 0. The van der Waals surface area contributed by atoms with Crippen molar-refractivity contribution in [3.8, 4) is 17.2 Å². The summed E-state index contributed by atoms with van der Waals surface area (Å²) in [5, 5.41) is 13.3. The number of nitrogen functional groups attached to an aromatic ring is 1. The van der Waals surface area contributed by atoms with E-state index in [2.05, 4.69) is 54.6 Å². The van der Waals surface area contributed by atoms with Crippen molar-refractivity contribution in [3.63, 3.8) is 0 Å². The summed E-state index contributed by atoms with van der Waals surface area (Å²) < 4.78 is 15.0. The molecule has 1 aromatic carbocycles. The van der Waals surface area contributed by atoms with Crippen molar-refractivity contribution in [3.05, 3.63) is 54.9 Å². The maximum Gasteiger partial charge on any atom is 0.223 e. The first-order valence-electron chi connectivity index (χ1n) is 12.7. The van der Waals surface area contributed by atoms with Crippen LogP contribution in [0.1, 0.15) is 0 Å². The molecule has 0 aliphatic carbocycles. The highest BCUT2D eigenvalue weighted by molar-refractivity contribution is 5.93. The summed E-state index contributed by atoms with van der Waals surface area (Å²) in [5.41, 5.74) is 9.87. The van der Waals surface area contributed by atoms with E-state index >= 15 is 0 Å². The lowest BCUT2D eigenvalue weighted by Crippen LogP contribution is -2.50. The molecule has 0 unspecified atom stereocenters. The molecule has 11 nitrogen and oxygen atoms in total. The van der Waals surface area contributed by atoms with E-state index in [0.717, 1.165) is 80.4 Å². The topological polar surface area (TPSA) is 115 Å². The molecular formula is C26H29N9O2. The van der Waals surface area contributed by atoms with Crippen LogP contribution in [0, 0.1) is 0 Å². The van der Waals surface area contributed by atoms with Crippen LogP contribution in [0.25, 0.3) is 28.0 Å². The highest BCUT2D eigenvalue weighted by Gasteiger charge is 2.21. The third-order valence-corrected chi connectivity index (χ3v) is 7.26. The molecule has 2 aliphatic heterocycles. The van der Waals surface area contributed by atoms with Gasteiger partial charge in [-0.1, -0.05) is 0 Å². The number of benzene rings is 1. The molecule has 0 spiro atoms. The summed E-state index contributed by atoms with van der Waals surface area (Å²) in [4.78, 5) is 9.52. The number of anilines is 2. The lowest BCUT2D eigenvalue weighted by molar-refractivity contribution is 0.142. The predicted molar refractivity (Wildman–Crippen MR) is 141 cm³/mol. The first-order chi connectivity index (χ1) is 18.2. The third kappa shape index (κ3) is 4.15. The van der Waals surface area contributed by atoms with Gasteiger partial charge >= 0.3 is 0 Å². The Morgan fingerprint density at radius 1 is 1.05 bits per heavy atom. The number of fused-ring (bicyclic) bond motifs is 3. The highest BCUT2D eigenvalue weighted by atomic mass is 16.5. The number of rotatable bonds is 7. The zero-order valence-electron chi connectivity index (χ0n) is 20.5. The van der Waals surface area contributed by atoms with Gasteiger partial charge in [-0.2, -0.15) is 19.7 Å². The van der Waals surface area contributed by atoms with E-state index in [-0.39, 0.29) is 0 Å². The Labute approximate surface area is 213 Å². The lowest BCUT2D eigenvalue weighted by atomic mass is 10.2. The average Bonchev–Trinajstić information content (AvgIpc) is 3.66. The minimum atomic E-state index is 0.304. The Morgan fingerprint density at radius 3 is 2.62 bits per heavy atom. The van der Waals surface area contributed by atoms with Gasteiger partial charge in [0.1, 0.15) is 17.5 Å². The predicted octanol–water partition coefficient (Wildman–Crippen LogP) is 2.09. The van der Waals surface area contributed by atoms with E-state index in [1.807, 2.05) is 29.1 Å². The molecular weight excluding hydrogens is 470 g/mol. The number of nitrogens with zero attached hydrogens (tertiary/aromatic N) is 7. The van der Waals surface area contributed by atoms with Crippen molar-refractivity contribution in [2.75, 3.05) is 56.4 Å². The molecule has 2 fully saturated rings. The Hall–Kier alpha value is -4.09. The Bertz CT molecular complexity index is 1510. The van der Waals surface area contributed by atoms with Crippen molar-refractivity contribution in [2.24, 2.45) is 0 Å². The zero-order valence-corrected chi connectivity index (χ0v) is 20.5. The summed E-state index contributed by atoms with van der Waals surface area (Å²) in [6.07, 6.45) is 3.78. The van der Waals surface area contributed by atoms with Gasteiger partial charge in [0.15, 0.2) is 11.4 Å². The van der Waals surface area contributed by atoms with Gasteiger partial charge < -0.3 is 25.1 Å². The van der Waals surface area contributed by atoms with Gasteiger partial charge in [-0.3, -0.25) is 4.90 Å². The zero-order chi connectivity index (χ0) is 24.8. The Morgan fingerprint density at radius 2 is 1.89 bits per heavy atom. The number of nitrogens with two attached hydrogens (primary N) is 1. The summed E-state index contributed by atoms with van der Waals surface area (Å²) in [6, 6.07) is 14.2. The maximum atomic E-state index is 6.26. The normalized spacial score (nSPS) is 17.0. The number of ether oxygens (including phenoxy) is 1. The molecule has 0 bridgehead atoms. The minimum absolute atomic E-state index is 0.304. The molecule has 0 radical (unpaired) electrons. The van der Waals surface area contributed by atoms with Gasteiger partial charge in [-0.15, -0.1) is 0 Å². The first-order valence-corrected chi connectivity index (χ1v) is 12.7. The fourth-order valence-electron chi connectivity index (χ4n) is 5.03. The maximum absolute atomic E-state index is 6.26. The van der Waals surface area contributed by atoms with Crippen LogP contribution in [-0.4, -0.2) is 81.2 Å². The molecule has 3 N–H and O–H groups in total. The molecule has 7 rings (SSSR count). The van der Waals surface area contributed by atoms with Crippen molar-refractivity contribution < 1.29 is 9.15 Å². The smallest absolute Gasteiger partial charge is 0.223 e. The van der Waals surface area contributed by atoms with Crippen molar-refractivity contribution in [2.45, 2.75) is 12.6 Å². The number of hydrogen-bond donors (Lipinski definition) is 2. The largest absolute Gasteiger partial charge is 0.488 e. The van der Waals surface area contributed by atoms with Gasteiger partial charge in [0, 0.05) is 51.5 Å². The molecule has 6 heterocycles. The quantitative estimate of drug-likeness (QED) is 0.347. The molecule has 190 valence electrons. The monoisotopic (exact) mass is 499 g/mol. The fraction of sp³-hybridized carbons (Fsp3) is 0.346. The van der Waals surface area contributed by atoms with E-state index in [1.165, 1.54) is 5.69 Å². The van der Waals surface area contributed by atoms with E-state index < -0.39 is 0 Å². The third-order valence-electron chi connectivity index (χ3n) is 7.26. The second kappa shape index (κ2) is 9.09. The minimum Gasteiger partial charge on any atom is -0.488 e. The Kier molecular flexibility index (Phi) is 5.44. The van der Waals surface area contributed by atoms with Gasteiger partial charge in [0.05, 0.1) is 29.9 Å². The lowest BCUT2D eigenvalue weighted by Gasteiger charge is -2.36. The van der Waals surface area contributed by atoms with Crippen molar-refractivity contribution >= 4 is 28.2 Å². The van der Waals surface area contributed by atoms with Crippen molar-refractivity contribution in [1.82, 2.24) is 34.6 Å². The van der Waals surface area contributed by atoms with Crippen LogP contribution in [0.3, 0.4) is 0 Å². The summed E-state index contributed by atoms with van der Waals surface area (Å²) >= 11 is 0. The van der Waals surface area contributed by atoms with Crippen LogP contribution in [0.5, 0.6) is 5.75 Å². The van der Waals surface area contributed by atoms with E-state index in [0.29, 0.717) is 17.8 Å². The van der Waals surface area contributed by atoms with Gasteiger partial charge in [0.25, 0.3) is 0 Å². The second-order valence-electron chi connectivity index (χ2n) is 9.60. The highest BCUT2D eigenvalue weighted by Crippen LogP contribution is 2.27. The molecule has 11 heteroatoms. The average molecular weight is 500 g/mol. The number of aromatic nitrogens is 5. The van der Waals surface area contributed by atoms with Gasteiger partial charge in [-0.25, -0.2) is 4.68 Å². The van der Waals surface area contributed by atoms with Crippen LogP contribution in [-0.2, 0) is 6.54 Å². The van der Waals surface area contributed by atoms with E-state index in [9.17, 15) is 0 Å². The van der Waals surface area contributed by atoms with Gasteiger partial charge in [-0.05, 0) is 42.5 Å². The van der Waals surface area contributed by atoms with Crippen molar-refractivity contribution in [1.29, 1.82) is 0 Å². The Balaban J connectivity index is 0.995. The molecule has 2 saturated heterocycles. The fourth-order valence-corrected chi connectivity index (χ4v) is 5.03. The standard InChI is InChI=1S/C26H29N9O2/c27-26-30-25-21(23-14-22(31-35(23)26)24-2-1-13-36-24)17-29-34(25)12-9-32-7-10-33(11-8-32)18-3-5-19(6-4-18)37-20-15-28-16-20/h1-6,13-14,17,20,28H,7-12,15-16H2,(H2,27,30). The number of hydrogen-bond acceptors (Lipinski definition) is 9. The first kappa shape index (κ1) is 22.1. The molecule has 5 aromatic rings. The van der Waals surface area contributed by atoms with Crippen LogP contribution in [0.4, 0.5) is 11.6 Å². The number of furan rings is 1. The van der Waals surface area contributed by atoms with Crippen LogP contribution in [0.2, 0.25) is 0 Å². The van der Waals surface area contributed by atoms with Crippen LogP contribution >= 0.6 is 0 Å².